The number of carbonyl (C=O) groups is 3. The predicted molar refractivity (Wildman–Crippen MR) is 154 cm³/mol. The number of nitrogens with zero attached hydrogens (tertiary/aromatic N) is 1. The fourth-order valence-corrected chi connectivity index (χ4v) is 4.62. The molecule has 2 N–H and O–H groups in total. The summed E-state index contributed by atoms with van der Waals surface area (Å²) in [6, 6.07) is 13.1. The summed E-state index contributed by atoms with van der Waals surface area (Å²) >= 11 is 5.89. The van der Waals surface area contributed by atoms with Gasteiger partial charge in [0.05, 0.1) is 29.8 Å². The van der Waals surface area contributed by atoms with E-state index in [1.54, 1.807) is 45.0 Å². The van der Waals surface area contributed by atoms with Crippen molar-refractivity contribution in [2.45, 2.75) is 26.4 Å². The Morgan fingerprint density at radius 1 is 0.976 bits per heavy atom. The Hall–Kier alpha value is -4.22. The van der Waals surface area contributed by atoms with Gasteiger partial charge in [-0.25, -0.2) is 9.18 Å². The van der Waals surface area contributed by atoms with E-state index in [-0.39, 0.29) is 42.2 Å². The third-order valence-corrected chi connectivity index (χ3v) is 6.65. The molecule has 1 heterocycles. The van der Waals surface area contributed by atoms with Crippen molar-refractivity contribution in [3.8, 4) is 11.4 Å². The Morgan fingerprint density at radius 3 is 2.24 bits per heavy atom. The highest BCUT2D eigenvalue weighted by molar-refractivity contribution is 6.30. The number of benzene rings is 2. The molecule has 2 amide bonds. The standard InChI is InChI=1S/C30H31ClFN3O7/c1-30(2,3)42-25(37)16-41-20-11-12-35(24(36)14-20)19-9-10-23(22(32)13-19)34-29(39)27-21(15-40-4)26(27)28(38)33-18-7-5-17(31)6-8-18/h5-14,21,26-27H,15-16H2,1-4H3,(H,33,38)(H,34,39)/t21-,26-,27+/m0/s1. The van der Waals surface area contributed by atoms with Gasteiger partial charge in [0.25, 0.3) is 5.56 Å². The smallest absolute Gasteiger partial charge is 0.344 e. The van der Waals surface area contributed by atoms with Gasteiger partial charge >= 0.3 is 5.97 Å². The molecular weight excluding hydrogens is 569 g/mol. The first-order chi connectivity index (χ1) is 19.9. The summed E-state index contributed by atoms with van der Waals surface area (Å²) in [7, 11) is 1.47. The van der Waals surface area contributed by atoms with Gasteiger partial charge in [-0.2, -0.15) is 0 Å². The molecule has 0 saturated heterocycles. The van der Waals surface area contributed by atoms with E-state index in [0.29, 0.717) is 10.7 Å². The molecule has 4 rings (SSSR count). The lowest BCUT2D eigenvalue weighted by atomic mass is 10.2. The molecule has 3 aromatic rings. The average molecular weight is 600 g/mol. The zero-order valence-corrected chi connectivity index (χ0v) is 24.2. The summed E-state index contributed by atoms with van der Waals surface area (Å²) in [5.41, 5.74) is -0.556. The van der Waals surface area contributed by atoms with Gasteiger partial charge in [-0.3, -0.25) is 19.0 Å². The van der Waals surface area contributed by atoms with Gasteiger partial charge in [0, 0.05) is 42.1 Å². The Bertz CT molecular complexity index is 1540. The monoisotopic (exact) mass is 599 g/mol. The van der Waals surface area contributed by atoms with E-state index in [1.165, 1.54) is 36.1 Å². The van der Waals surface area contributed by atoms with E-state index in [4.69, 9.17) is 25.8 Å². The van der Waals surface area contributed by atoms with Crippen molar-refractivity contribution in [1.82, 2.24) is 4.57 Å². The Morgan fingerprint density at radius 2 is 1.64 bits per heavy atom. The van der Waals surface area contributed by atoms with Crippen LogP contribution in [-0.4, -0.2) is 48.3 Å². The summed E-state index contributed by atoms with van der Waals surface area (Å²) in [6.45, 7) is 4.99. The summed E-state index contributed by atoms with van der Waals surface area (Å²) in [5.74, 6) is -3.83. The van der Waals surface area contributed by atoms with Crippen LogP contribution in [0, 0.1) is 23.6 Å². The number of anilines is 2. The molecule has 0 bridgehead atoms. The molecule has 12 heteroatoms. The van der Waals surface area contributed by atoms with Crippen LogP contribution in [0.5, 0.6) is 5.75 Å². The van der Waals surface area contributed by atoms with Gasteiger partial charge in [0.15, 0.2) is 6.61 Å². The molecule has 1 aromatic heterocycles. The number of hydrogen-bond acceptors (Lipinski definition) is 7. The van der Waals surface area contributed by atoms with E-state index in [9.17, 15) is 19.2 Å². The fourth-order valence-electron chi connectivity index (χ4n) is 4.50. The first-order valence-corrected chi connectivity index (χ1v) is 13.5. The number of amides is 2. The van der Waals surface area contributed by atoms with Crippen LogP contribution in [0.3, 0.4) is 0 Å². The minimum atomic E-state index is -0.774. The first kappa shape index (κ1) is 30.7. The van der Waals surface area contributed by atoms with Gasteiger partial charge in [-0.05, 0) is 63.2 Å². The third kappa shape index (κ3) is 7.74. The second kappa shape index (κ2) is 12.7. The highest BCUT2D eigenvalue weighted by atomic mass is 35.5. The topological polar surface area (TPSA) is 125 Å². The number of aromatic nitrogens is 1. The molecule has 0 unspecified atom stereocenters. The lowest BCUT2D eigenvalue weighted by Gasteiger charge is -2.19. The zero-order valence-electron chi connectivity index (χ0n) is 23.5. The van der Waals surface area contributed by atoms with Crippen LogP contribution in [-0.2, 0) is 23.9 Å². The molecule has 0 aliphatic heterocycles. The maximum absolute atomic E-state index is 15.0. The normalized spacial score (nSPS) is 17.7. The van der Waals surface area contributed by atoms with Crippen LogP contribution in [0.15, 0.2) is 65.6 Å². The van der Waals surface area contributed by atoms with Crippen LogP contribution in [0.25, 0.3) is 5.69 Å². The summed E-state index contributed by atoms with van der Waals surface area (Å²) in [5, 5.41) is 5.83. The number of hydrogen-bond donors (Lipinski definition) is 2. The molecule has 0 spiro atoms. The molecule has 1 aliphatic carbocycles. The lowest BCUT2D eigenvalue weighted by Crippen LogP contribution is -2.27. The van der Waals surface area contributed by atoms with Gasteiger partial charge in [0.2, 0.25) is 11.8 Å². The first-order valence-electron chi connectivity index (χ1n) is 13.1. The Balaban J connectivity index is 1.40. The van der Waals surface area contributed by atoms with E-state index in [0.717, 1.165) is 12.1 Å². The summed E-state index contributed by atoms with van der Waals surface area (Å²) in [6.07, 6.45) is 1.38. The van der Waals surface area contributed by atoms with E-state index in [2.05, 4.69) is 10.6 Å². The van der Waals surface area contributed by atoms with Crippen molar-refractivity contribution in [2.24, 2.45) is 17.8 Å². The average Bonchev–Trinajstić information content (AvgIpc) is 3.63. The van der Waals surface area contributed by atoms with E-state index >= 15 is 4.39 Å². The van der Waals surface area contributed by atoms with Crippen molar-refractivity contribution < 1.29 is 33.0 Å². The number of halogens is 2. The van der Waals surface area contributed by atoms with Crippen LogP contribution in [0.4, 0.5) is 15.8 Å². The third-order valence-electron chi connectivity index (χ3n) is 6.40. The number of nitrogens with one attached hydrogen (secondary N) is 2. The van der Waals surface area contributed by atoms with Crippen molar-refractivity contribution in [1.29, 1.82) is 0 Å². The van der Waals surface area contributed by atoms with Gasteiger partial charge in [-0.15, -0.1) is 0 Å². The van der Waals surface area contributed by atoms with Gasteiger partial charge in [-0.1, -0.05) is 11.6 Å². The number of rotatable bonds is 10. The molecular formula is C30H31ClFN3O7. The molecule has 1 fully saturated rings. The second-order valence-corrected chi connectivity index (χ2v) is 11.2. The fraction of sp³-hybridized carbons (Fsp3) is 0.333. The largest absolute Gasteiger partial charge is 0.482 e. The van der Waals surface area contributed by atoms with Gasteiger partial charge < -0.3 is 24.8 Å². The minimum Gasteiger partial charge on any atom is -0.482 e. The molecule has 42 heavy (non-hydrogen) atoms. The van der Waals surface area contributed by atoms with E-state index in [1.807, 2.05) is 0 Å². The maximum Gasteiger partial charge on any atom is 0.344 e. The zero-order chi connectivity index (χ0) is 30.6. The number of esters is 1. The highest BCUT2D eigenvalue weighted by Crippen LogP contribution is 2.48. The molecule has 3 atom stereocenters. The molecule has 2 aromatic carbocycles. The quantitative estimate of drug-likeness (QED) is 0.330. The van der Waals surface area contributed by atoms with Crippen LogP contribution < -0.4 is 20.9 Å². The van der Waals surface area contributed by atoms with Crippen molar-refractivity contribution in [3.05, 3.63) is 82.0 Å². The number of ether oxygens (including phenoxy) is 3. The molecule has 1 aliphatic rings. The summed E-state index contributed by atoms with van der Waals surface area (Å²) < 4.78 is 31.9. The second-order valence-electron chi connectivity index (χ2n) is 10.8. The maximum atomic E-state index is 15.0. The number of carbonyl (C=O) groups excluding carboxylic acids is 3. The van der Waals surface area contributed by atoms with Gasteiger partial charge in [0.1, 0.15) is 17.2 Å². The van der Waals surface area contributed by atoms with E-state index < -0.39 is 40.7 Å². The van der Waals surface area contributed by atoms with Crippen LogP contribution in [0.2, 0.25) is 5.02 Å². The number of methoxy groups -OCH3 is 1. The summed E-state index contributed by atoms with van der Waals surface area (Å²) in [4.78, 5) is 50.4. The molecule has 1 saturated carbocycles. The predicted octanol–water partition coefficient (Wildman–Crippen LogP) is 4.44. The molecule has 0 radical (unpaired) electrons. The van der Waals surface area contributed by atoms with Crippen LogP contribution in [0.1, 0.15) is 20.8 Å². The Labute approximate surface area is 246 Å². The van der Waals surface area contributed by atoms with Crippen molar-refractivity contribution in [2.75, 3.05) is 31.0 Å². The number of pyridine rings is 1. The SMILES string of the molecule is COC[C@@H]1[C@@H](C(=O)Nc2ccc(-n3ccc(OCC(=O)OC(C)(C)C)cc3=O)cc2F)[C@H]1C(=O)Nc1ccc(Cl)cc1. The minimum absolute atomic E-state index is 0.103. The van der Waals surface area contributed by atoms with Crippen molar-refractivity contribution >= 4 is 40.8 Å². The molecule has 222 valence electrons. The lowest BCUT2D eigenvalue weighted by molar-refractivity contribution is -0.157. The van der Waals surface area contributed by atoms with Crippen LogP contribution >= 0.6 is 11.6 Å². The highest BCUT2D eigenvalue weighted by Gasteiger charge is 2.58. The van der Waals surface area contributed by atoms with Crippen molar-refractivity contribution in [3.63, 3.8) is 0 Å². The molecule has 10 nitrogen and oxygen atoms in total. The Kier molecular flexibility index (Phi) is 9.33.